The number of rotatable bonds is 4. The zero-order valence-corrected chi connectivity index (χ0v) is 10.6. The van der Waals surface area contributed by atoms with E-state index < -0.39 is 0 Å². The molecule has 3 nitrogen and oxygen atoms in total. The highest BCUT2D eigenvalue weighted by Gasteiger charge is 2.29. The molecule has 0 heterocycles. The average Bonchev–Trinajstić information content (AvgIpc) is 2.78. The van der Waals surface area contributed by atoms with Crippen molar-refractivity contribution in [3.63, 3.8) is 0 Å². The van der Waals surface area contributed by atoms with Gasteiger partial charge >= 0.3 is 0 Å². The number of hydrogen-bond acceptors (Lipinski definition) is 3. The van der Waals surface area contributed by atoms with E-state index in [0.29, 0.717) is 13.1 Å². The van der Waals surface area contributed by atoms with E-state index in [0.717, 1.165) is 11.3 Å². The molecule has 0 N–H and O–H groups in total. The van der Waals surface area contributed by atoms with E-state index >= 15 is 0 Å². The van der Waals surface area contributed by atoms with E-state index in [9.17, 15) is 4.79 Å². The maximum Gasteiger partial charge on any atom is 0.293 e. The summed E-state index contributed by atoms with van der Waals surface area (Å²) in [5.74, 6) is 0.911. The van der Waals surface area contributed by atoms with Crippen molar-refractivity contribution < 1.29 is 14.3 Å². The minimum absolute atomic E-state index is 0.0894. The number of fused-ring (bicyclic) bond motifs is 3. The fourth-order valence-electron chi connectivity index (χ4n) is 2.73. The maximum atomic E-state index is 10.5. The van der Waals surface area contributed by atoms with Gasteiger partial charge in [-0.15, -0.1) is 0 Å². The number of benzene rings is 2. The third-order valence-corrected chi connectivity index (χ3v) is 3.59. The zero-order valence-electron chi connectivity index (χ0n) is 10.6. The minimum atomic E-state index is 0.0894. The van der Waals surface area contributed by atoms with E-state index in [1.54, 1.807) is 7.11 Å². The SMILES string of the molecule is COc1ccc2c(c1)C(COC=O)c1ccccc1-2. The van der Waals surface area contributed by atoms with Crippen molar-refractivity contribution >= 4 is 6.47 Å². The Morgan fingerprint density at radius 2 is 1.89 bits per heavy atom. The molecule has 19 heavy (non-hydrogen) atoms. The molecular formula is C16H14O3. The van der Waals surface area contributed by atoms with Crippen LogP contribution >= 0.6 is 0 Å². The lowest BCUT2D eigenvalue weighted by molar-refractivity contribution is -0.128. The summed E-state index contributed by atoms with van der Waals surface area (Å²) >= 11 is 0. The summed E-state index contributed by atoms with van der Waals surface area (Å²) in [5, 5.41) is 0. The van der Waals surface area contributed by atoms with Gasteiger partial charge in [0.2, 0.25) is 0 Å². The number of carbonyl (C=O) groups is 1. The lowest BCUT2D eigenvalue weighted by Crippen LogP contribution is -2.06. The predicted octanol–water partition coefficient (Wildman–Crippen LogP) is 2.98. The first kappa shape index (κ1) is 11.8. The van der Waals surface area contributed by atoms with Crippen LogP contribution < -0.4 is 4.74 Å². The Bertz CT molecular complexity index is 619. The van der Waals surface area contributed by atoms with Crippen molar-refractivity contribution in [2.75, 3.05) is 13.7 Å². The molecule has 2 aromatic carbocycles. The van der Waals surface area contributed by atoms with Crippen molar-refractivity contribution in [1.29, 1.82) is 0 Å². The first-order valence-electron chi connectivity index (χ1n) is 6.17. The van der Waals surface area contributed by atoms with Gasteiger partial charge < -0.3 is 9.47 Å². The second-order valence-corrected chi connectivity index (χ2v) is 4.52. The maximum absolute atomic E-state index is 10.5. The molecule has 1 atom stereocenters. The smallest absolute Gasteiger partial charge is 0.293 e. The van der Waals surface area contributed by atoms with Gasteiger partial charge in [-0.3, -0.25) is 4.79 Å². The fraction of sp³-hybridized carbons (Fsp3) is 0.188. The van der Waals surface area contributed by atoms with Crippen LogP contribution in [-0.2, 0) is 9.53 Å². The van der Waals surface area contributed by atoms with Crippen LogP contribution in [0.25, 0.3) is 11.1 Å². The lowest BCUT2D eigenvalue weighted by atomic mass is 9.98. The number of hydrogen-bond donors (Lipinski definition) is 0. The Kier molecular flexibility index (Phi) is 2.95. The predicted molar refractivity (Wildman–Crippen MR) is 72.3 cm³/mol. The highest BCUT2D eigenvalue weighted by atomic mass is 16.5. The lowest BCUT2D eigenvalue weighted by Gasteiger charge is -2.12. The molecule has 0 fully saturated rings. The van der Waals surface area contributed by atoms with Crippen molar-refractivity contribution in [2.24, 2.45) is 0 Å². The van der Waals surface area contributed by atoms with Gasteiger partial charge in [-0.1, -0.05) is 30.3 Å². The minimum Gasteiger partial charge on any atom is -0.497 e. The van der Waals surface area contributed by atoms with Crippen LogP contribution in [0.15, 0.2) is 42.5 Å². The molecule has 3 heteroatoms. The van der Waals surface area contributed by atoms with Crippen LogP contribution in [0.5, 0.6) is 5.75 Å². The normalized spacial score (nSPS) is 15.5. The topological polar surface area (TPSA) is 35.5 Å². The Morgan fingerprint density at radius 1 is 1.11 bits per heavy atom. The third-order valence-electron chi connectivity index (χ3n) is 3.59. The number of ether oxygens (including phenoxy) is 2. The Labute approximate surface area is 111 Å². The highest BCUT2D eigenvalue weighted by Crippen LogP contribution is 2.45. The highest BCUT2D eigenvalue weighted by molar-refractivity contribution is 5.79. The quantitative estimate of drug-likeness (QED) is 0.787. The van der Waals surface area contributed by atoms with Gasteiger partial charge in [-0.05, 0) is 34.4 Å². The largest absolute Gasteiger partial charge is 0.497 e. The van der Waals surface area contributed by atoms with E-state index in [-0.39, 0.29) is 5.92 Å². The molecule has 1 aliphatic rings. The van der Waals surface area contributed by atoms with Crippen LogP contribution in [-0.4, -0.2) is 20.2 Å². The van der Waals surface area contributed by atoms with Gasteiger partial charge in [-0.2, -0.15) is 0 Å². The monoisotopic (exact) mass is 254 g/mol. The molecule has 0 bridgehead atoms. The first-order valence-corrected chi connectivity index (χ1v) is 6.17. The third kappa shape index (κ3) is 1.87. The molecule has 0 saturated heterocycles. The Hall–Kier alpha value is -2.29. The Balaban J connectivity index is 2.12. The summed E-state index contributed by atoms with van der Waals surface area (Å²) in [7, 11) is 1.65. The molecule has 2 aromatic rings. The molecule has 1 aliphatic carbocycles. The summed E-state index contributed by atoms with van der Waals surface area (Å²) in [6, 6.07) is 14.3. The van der Waals surface area contributed by atoms with Gasteiger partial charge in [0.25, 0.3) is 6.47 Å². The fourth-order valence-corrected chi connectivity index (χ4v) is 2.73. The summed E-state index contributed by atoms with van der Waals surface area (Å²) < 4.78 is 10.3. The van der Waals surface area contributed by atoms with Crippen LogP contribution in [0, 0.1) is 0 Å². The van der Waals surface area contributed by atoms with E-state index in [1.807, 2.05) is 24.3 Å². The number of carbonyl (C=O) groups excluding carboxylic acids is 1. The Morgan fingerprint density at radius 3 is 2.68 bits per heavy atom. The number of methoxy groups -OCH3 is 1. The van der Waals surface area contributed by atoms with Crippen molar-refractivity contribution in [1.82, 2.24) is 0 Å². The summed E-state index contributed by atoms with van der Waals surface area (Å²) in [6.07, 6.45) is 0. The van der Waals surface area contributed by atoms with Gasteiger partial charge in [0.1, 0.15) is 12.4 Å². The molecular weight excluding hydrogens is 240 g/mol. The zero-order chi connectivity index (χ0) is 13.2. The summed E-state index contributed by atoms with van der Waals surface area (Å²) in [5.41, 5.74) is 4.76. The van der Waals surface area contributed by atoms with Gasteiger partial charge in [0.15, 0.2) is 0 Å². The molecule has 0 amide bonds. The molecule has 0 aromatic heterocycles. The van der Waals surface area contributed by atoms with Crippen LogP contribution in [0.4, 0.5) is 0 Å². The van der Waals surface area contributed by atoms with Crippen LogP contribution in [0.3, 0.4) is 0 Å². The molecule has 3 rings (SSSR count). The van der Waals surface area contributed by atoms with Crippen molar-refractivity contribution in [2.45, 2.75) is 5.92 Å². The van der Waals surface area contributed by atoms with Gasteiger partial charge in [0.05, 0.1) is 7.11 Å². The second-order valence-electron chi connectivity index (χ2n) is 4.52. The van der Waals surface area contributed by atoms with E-state index in [4.69, 9.17) is 9.47 Å². The first-order chi connectivity index (χ1) is 9.35. The molecule has 0 aliphatic heterocycles. The molecule has 0 saturated carbocycles. The van der Waals surface area contributed by atoms with Crippen molar-refractivity contribution in [3.05, 3.63) is 53.6 Å². The van der Waals surface area contributed by atoms with E-state index in [1.165, 1.54) is 16.7 Å². The van der Waals surface area contributed by atoms with Gasteiger partial charge in [0, 0.05) is 5.92 Å². The van der Waals surface area contributed by atoms with Crippen LogP contribution in [0.2, 0.25) is 0 Å². The summed E-state index contributed by atoms with van der Waals surface area (Å²) in [6.45, 7) is 0.863. The molecule has 0 radical (unpaired) electrons. The molecule has 96 valence electrons. The standard InChI is InChI=1S/C16H14O3/c1-18-11-6-7-14-12-4-2-3-5-13(12)16(9-19-10-17)15(14)8-11/h2-8,10,16H,9H2,1H3. The second kappa shape index (κ2) is 4.76. The average molecular weight is 254 g/mol. The van der Waals surface area contributed by atoms with Gasteiger partial charge in [-0.25, -0.2) is 0 Å². The molecule has 1 unspecified atom stereocenters. The molecule has 0 spiro atoms. The van der Waals surface area contributed by atoms with Crippen LogP contribution in [0.1, 0.15) is 17.0 Å². The van der Waals surface area contributed by atoms with E-state index in [2.05, 4.69) is 18.2 Å². The summed E-state index contributed by atoms with van der Waals surface area (Å²) in [4.78, 5) is 10.5. The van der Waals surface area contributed by atoms with Crippen molar-refractivity contribution in [3.8, 4) is 16.9 Å².